The molecule has 2 rings (SSSR count). The molecular formula is C16H26O9P2. The Bertz CT molecular complexity index is 637. The molecule has 9 nitrogen and oxygen atoms in total. The number of carbonyl (C=O) groups is 2. The third-order valence-corrected chi connectivity index (χ3v) is 9.11. The lowest BCUT2D eigenvalue weighted by Gasteiger charge is -2.32. The molecule has 2 aliphatic rings. The van der Waals surface area contributed by atoms with Crippen molar-refractivity contribution < 1.29 is 41.6 Å². The van der Waals surface area contributed by atoms with E-state index in [4.69, 9.17) is 22.8 Å². The van der Waals surface area contributed by atoms with Crippen molar-refractivity contribution in [1.82, 2.24) is 0 Å². The zero-order valence-electron chi connectivity index (χ0n) is 16.0. The average Bonchev–Trinajstić information content (AvgIpc) is 2.88. The molecular weight excluding hydrogens is 398 g/mol. The Kier molecular flexibility index (Phi) is 7.59. The van der Waals surface area contributed by atoms with Crippen LogP contribution in [0.25, 0.3) is 0 Å². The second-order valence-corrected chi connectivity index (χ2v) is 10.0. The van der Waals surface area contributed by atoms with E-state index in [1.165, 1.54) is 0 Å². The van der Waals surface area contributed by atoms with Crippen molar-refractivity contribution in [3.05, 3.63) is 10.6 Å². The normalized spacial score (nSPS) is 23.6. The maximum Gasteiger partial charge on any atom is 0.357 e. The number of esters is 2. The summed E-state index contributed by atoms with van der Waals surface area (Å²) in [6.07, 6.45) is -0.238. The minimum atomic E-state index is -3.86. The van der Waals surface area contributed by atoms with Gasteiger partial charge in [-0.1, -0.05) is 0 Å². The van der Waals surface area contributed by atoms with Crippen LogP contribution < -0.4 is 0 Å². The zero-order chi connectivity index (χ0) is 20.2. The molecule has 27 heavy (non-hydrogen) atoms. The molecule has 2 unspecified atom stereocenters. The lowest BCUT2D eigenvalue weighted by atomic mass is 9.85. The number of allylic oxidation sites excluding steroid dienone is 2. The van der Waals surface area contributed by atoms with Crippen molar-refractivity contribution in [2.24, 2.45) is 11.8 Å². The Labute approximate surface area is 158 Å². The minimum Gasteiger partial charge on any atom is -0.393 e. The van der Waals surface area contributed by atoms with E-state index in [0.717, 1.165) is 0 Å². The van der Waals surface area contributed by atoms with Crippen LogP contribution in [0.3, 0.4) is 0 Å². The molecule has 0 saturated carbocycles. The topological polar surface area (TPSA) is 114 Å². The Morgan fingerprint density at radius 3 is 1.30 bits per heavy atom. The summed E-state index contributed by atoms with van der Waals surface area (Å²) in [5.41, 5.74) is 0. The van der Waals surface area contributed by atoms with Gasteiger partial charge in [0.15, 0.2) is 0 Å². The van der Waals surface area contributed by atoms with Crippen LogP contribution in [0.5, 0.6) is 0 Å². The van der Waals surface area contributed by atoms with Crippen LogP contribution in [0.2, 0.25) is 0 Å². The molecule has 154 valence electrons. The van der Waals surface area contributed by atoms with Crippen molar-refractivity contribution in [3.63, 3.8) is 0 Å². The van der Waals surface area contributed by atoms with Gasteiger partial charge < -0.3 is 22.8 Å². The van der Waals surface area contributed by atoms with Gasteiger partial charge >= 0.3 is 27.1 Å². The Morgan fingerprint density at radius 2 is 1.04 bits per heavy atom. The third kappa shape index (κ3) is 4.44. The van der Waals surface area contributed by atoms with E-state index in [2.05, 4.69) is 0 Å². The summed E-state index contributed by atoms with van der Waals surface area (Å²) in [6.45, 7) is 6.92. The van der Waals surface area contributed by atoms with Gasteiger partial charge in [0, 0.05) is 0 Å². The van der Waals surface area contributed by atoms with Gasteiger partial charge in [-0.25, -0.2) is 0 Å². The van der Waals surface area contributed by atoms with E-state index in [9.17, 15) is 18.7 Å². The van der Waals surface area contributed by atoms with E-state index >= 15 is 0 Å². The Hall–Kier alpha value is -0.820. The van der Waals surface area contributed by atoms with Gasteiger partial charge in [0.2, 0.25) is 0 Å². The first kappa shape index (κ1) is 22.5. The van der Waals surface area contributed by atoms with Gasteiger partial charge in [0.25, 0.3) is 0 Å². The van der Waals surface area contributed by atoms with E-state index in [0.29, 0.717) is 0 Å². The van der Waals surface area contributed by atoms with Crippen molar-refractivity contribution in [2.45, 2.75) is 40.5 Å². The summed E-state index contributed by atoms with van der Waals surface area (Å²) in [5, 5.41) is 0.175. The first-order valence-electron chi connectivity index (χ1n) is 9.03. The van der Waals surface area contributed by atoms with Gasteiger partial charge in [-0.15, -0.1) is 0 Å². The van der Waals surface area contributed by atoms with E-state index in [1.807, 2.05) is 0 Å². The standard InChI is InChI=1S/C16H26O9P2/c1-5-21-26(19,22-6-2)13-9-11-12(16(18)25-15(11)17)10-14(13)27(20,23-7-3)24-8-4/h11-12H,5-10H2,1-4H3. The van der Waals surface area contributed by atoms with Crippen LogP contribution in [-0.4, -0.2) is 38.4 Å². The summed E-state index contributed by atoms with van der Waals surface area (Å²) in [5.74, 6) is -3.02. The molecule has 0 N–H and O–H groups in total. The molecule has 1 aliphatic heterocycles. The predicted octanol–water partition coefficient (Wildman–Crippen LogP) is 3.84. The van der Waals surface area contributed by atoms with E-state index in [-0.39, 0.29) is 49.9 Å². The highest BCUT2D eigenvalue weighted by Gasteiger charge is 2.54. The number of fused-ring (bicyclic) bond motifs is 1. The molecule has 0 radical (unpaired) electrons. The lowest BCUT2D eigenvalue weighted by Crippen LogP contribution is -2.25. The fourth-order valence-electron chi connectivity index (χ4n) is 3.29. The predicted molar refractivity (Wildman–Crippen MR) is 96.1 cm³/mol. The Morgan fingerprint density at radius 1 is 0.741 bits per heavy atom. The highest BCUT2D eigenvalue weighted by Crippen LogP contribution is 2.70. The molecule has 0 spiro atoms. The summed E-state index contributed by atoms with van der Waals surface area (Å²) in [4.78, 5) is 24.1. The fraction of sp³-hybridized carbons (Fsp3) is 0.750. The maximum absolute atomic E-state index is 13.4. The van der Waals surface area contributed by atoms with Crippen molar-refractivity contribution >= 4 is 27.1 Å². The maximum atomic E-state index is 13.4. The molecule has 0 aromatic carbocycles. The van der Waals surface area contributed by atoms with Crippen LogP contribution in [0.1, 0.15) is 40.5 Å². The van der Waals surface area contributed by atoms with Crippen LogP contribution >= 0.6 is 15.2 Å². The van der Waals surface area contributed by atoms with E-state index in [1.54, 1.807) is 27.7 Å². The summed E-state index contributed by atoms with van der Waals surface area (Å²) < 4.78 is 53.2. The summed E-state index contributed by atoms with van der Waals surface area (Å²) in [7, 11) is -7.72. The molecule has 1 saturated heterocycles. The van der Waals surface area contributed by atoms with Crippen molar-refractivity contribution in [2.75, 3.05) is 26.4 Å². The van der Waals surface area contributed by atoms with Crippen LogP contribution in [0.4, 0.5) is 0 Å². The zero-order valence-corrected chi connectivity index (χ0v) is 17.8. The minimum absolute atomic E-state index is 0.0824. The SMILES string of the molecule is CCOP(=O)(OCC)C1=C(P(=O)(OCC)OCC)CC2C(=O)OC(=O)C2C1. The van der Waals surface area contributed by atoms with Crippen molar-refractivity contribution in [1.29, 1.82) is 0 Å². The van der Waals surface area contributed by atoms with Gasteiger partial charge in [-0.05, 0) is 40.5 Å². The molecule has 0 bridgehead atoms. The Balaban J connectivity index is 2.65. The molecule has 0 aromatic heterocycles. The van der Waals surface area contributed by atoms with Gasteiger partial charge in [-0.3, -0.25) is 18.7 Å². The van der Waals surface area contributed by atoms with Crippen molar-refractivity contribution in [3.8, 4) is 0 Å². The van der Waals surface area contributed by atoms with Gasteiger partial charge in [0.05, 0.1) is 48.9 Å². The molecule has 1 aliphatic carbocycles. The highest BCUT2D eigenvalue weighted by molar-refractivity contribution is 7.63. The lowest BCUT2D eigenvalue weighted by molar-refractivity contribution is -0.153. The van der Waals surface area contributed by atoms with Crippen LogP contribution in [-0.2, 0) is 41.6 Å². The van der Waals surface area contributed by atoms with Gasteiger partial charge in [-0.2, -0.15) is 0 Å². The third-order valence-electron chi connectivity index (χ3n) is 4.31. The van der Waals surface area contributed by atoms with Crippen LogP contribution in [0, 0.1) is 11.8 Å². The quantitative estimate of drug-likeness (QED) is 0.293. The number of ether oxygens (including phenoxy) is 1. The molecule has 0 aromatic rings. The number of rotatable bonds is 10. The van der Waals surface area contributed by atoms with Crippen LogP contribution in [0.15, 0.2) is 10.6 Å². The molecule has 1 fully saturated rings. The highest BCUT2D eigenvalue weighted by atomic mass is 31.2. The first-order chi connectivity index (χ1) is 12.8. The monoisotopic (exact) mass is 424 g/mol. The fourth-order valence-corrected chi connectivity index (χ4v) is 7.81. The number of hydrogen-bond acceptors (Lipinski definition) is 9. The number of carbonyl (C=O) groups excluding carboxylic acids is 2. The largest absolute Gasteiger partial charge is 0.393 e. The average molecular weight is 424 g/mol. The number of hydrogen-bond donors (Lipinski definition) is 0. The second-order valence-electron chi connectivity index (χ2n) is 5.92. The molecule has 1 heterocycles. The molecule has 2 atom stereocenters. The summed E-state index contributed by atoms with van der Waals surface area (Å²) >= 11 is 0. The first-order valence-corrected chi connectivity index (χ1v) is 12.1. The van der Waals surface area contributed by atoms with Gasteiger partial charge in [0.1, 0.15) is 0 Å². The second kappa shape index (κ2) is 9.12. The molecule has 0 amide bonds. The number of cyclic esters (lactones) is 2. The van der Waals surface area contributed by atoms with E-state index < -0.39 is 39.0 Å². The molecule has 11 heteroatoms. The summed E-state index contributed by atoms with van der Waals surface area (Å²) in [6, 6.07) is 0. The smallest absolute Gasteiger partial charge is 0.357 e.